The maximum absolute atomic E-state index is 12.6. The topological polar surface area (TPSA) is 67.4 Å². The summed E-state index contributed by atoms with van der Waals surface area (Å²) in [5, 5.41) is 2.55. The van der Waals surface area contributed by atoms with Gasteiger partial charge in [-0.15, -0.1) is 0 Å². The third kappa shape index (κ3) is 6.38. The van der Waals surface area contributed by atoms with E-state index < -0.39 is 36.3 Å². The van der Waals surface area contributed by atoms with E-state index in [1.807, 2.05) is 4.90 Å². The van der Waals surface area contributed by atoms with Gasteiger partial charge < -0.3 is 15.0 Å². The Bertz CT molecular complexity index is 944. The molecule has 3 heterocycles. The summed E-state index contributed by atoms with van der Waals surface area (Å²) in [7, 11) is 0. The summed E-state index contributed by atoms with van der Waals surface area (Å²) < 4.78 is 79.1. The molecule has 0 unspecified atom stereocenters. The number of amides is 1. The summed E-state index contributed by atoms with van der Waals surface area (Å²) in [6.07, 6.45) is -6.13. The molecule has 1 aliphatic rings. The monoisotopic (exact) mass is 482 g/mol. The predicted octanol–water partition coefficient (Wildman–Crippen LogP) is 4.49. The predicted molar refractivity (Wildman–Crippen MR) is 103 cm³/mol. The molecule has 32 heavy (non-hydrogen) atoms. The Morgan fingerprint density at radius 2 is 1.81 bits per heavy atom. The Hall–Kier alpha value is -2.76. The maximum atomic E-state index is 12.6. The van der Waals surface area contributed by atoms with Gasteiger partial charge in [0.25, 0.3) is 5.91 Å². The van der Waals surface area contributed by atoms with Crippen LogP contribution >= 0.6 is 11.6 Å². The molecule has 1 fully saturated rings. The number of aromatic nitrogens is 2. The van der Waals surface area contributed by atoms with E-state index in [9.17, 15) is 31.1 Å². The molecule has 1 saturated heterocycles. The van der Waals surface area contributed by atoms with E-state index in [0.29, 0.717) is 31.7 Å². The van der Waals surface area contributed by atoms with Crippen LogP contribution in [0.4, 0.5) is 32.2 Å². The van der Waals surface area contributed by atoms with Crippen LogP contribution in [-0.4, -0.2) is 47.8 Å². The van der Waals surface area contributed by atoms with Crippen molar-refractivity contribution in [2.75, 3.05) is 24.6 Å². The van der Waals surface area contributed by atoms with Gasteiger partial charge in [-0.3, -0.25) is 4.79 Å². The van der Waals surface area contributed by atoms with Gasteiger partial charge in [-0.1, -0.05) is 11.6 Å². The van der Waals surface area contributed by atoms with Crippen molar-refractivity contribution in [3.8, 4) is 5.88 Å². The number of piperidine rings is 1. The first-order chi connectivity index (χ1) is 14.9. The van der Waals surface area contributed by atoms with Crippen LogP contribution in [0, 0.1) is 0 Å². The third-order valence-electron chi connectivity index (χ3n) is 4.67. The molecule has 1 amide bonds. The van der Waals surface area contributed by atoms with E-state index in [4.69, 9.17) is 11.6 Å². The molecule has 3 rings (SSSR count). The van der Waals surface area contributed by atoms with Crippen molar-refractivity contribution >= 4 is 23.3 Å². The van der Waals surface area contributed by atoms with Crippen molar-refractivity contribution in [2.45, 2.75) is 31.2 Å². The minimum atomic E-state index is -4.55. The molecule has 0 radical (unpaired) electrons. The van der Waals surface area contributed by atoms with Gasteiger partial charge in [-0.2, -0.15) is 26.3 Å². The largest absolute Gasteiger partial charge is 0.467 e. The van der Waals surface area contributed by atoms with Gasteiger partial charge in [0.1, 0.15) is 10.8 Å². The van der Waals surface area contributed by atoms with E-state index in [1.54, 1.807) is 0 Å². The highest BCUT2D eigenvalue weighted by atomic mass is 35.5. The first-order valence-electron chi connectivity index (χ1n) is 9.36. The quantitative estimate of drug-likeness (QED) is 0.636. The number of anilines is 1. The van der Waals surface area contributed by atoms with Crippen LogP contribution in [0.3, 0.4) is 0 Å². The molecule has 0 atom stereocenters. The van der Waals surface area contributed by atoms with Gasteiger partial charge in [0.15, 0.2) is 6.61 Å². The zero-order valence-corrected chi connectivity index (χ0v) is 17.1. The lowest BCUT2D eigenvalue weighted by molar-refractivity contribution is -0.154. The molecule has 0 spiro atoms. The molecule has 0 bridgehead atoms. The zero-order valence-electron chi connectivity index (χ0n) is 16.3. The molecular weight excluding hydrogens is 466 g/mol. The Kier molecular flexibility index (Phi) is 7.01. The highest BCUT2D eigenvalue weighted by Gasteiger charge is 2.31. The highest BCUT2D eigenvalue weighted by molar-refractivity contribution is 6.32. The van der Waals surface area contributed by atoms with E-state index in [-0.39, 0.29) is 16.6 Å². The molecule has 1 aliphatic heterocycles. The Labute approximate surface area is 183 Å². The Morgan fingerprint density at radius 3 is 2.34 bits per heavy atom. The number of nitrogens with one attached hydrogen (secondary N) is 1. The SMILES string of the molecule is O=C(NC1CCN(c2ccc(C(F)(F)F)cn2)CC1)c1cnc(OCC(F)(F)F)c(Cl)c1. The van der Waals surface area contributed by atoms with Gasteiger partial charge in [0, 0.05) is 31.5 Å². The normalized spacial score (nSPS) is 15.5. The number of alkyl halides is 6. The lowest BCUT2D eigenvalue weighted by Gasteiger charge is -2.33. The summed E-state index contributed by atoms with van der Waals surface area (Å²) in [6, 6.07) is 3.22. The smallest absolute Gasteiger partial charge is 0.422 e. The average molecular weight is 483 g/mol. The lowest BCUT2D eigenvalue weighted by Crippen LogP contribution is -2.45. The van der Waals surface area contributed by atoms with Crippen LogP contribution in [0.2, 0.25) is 5.02 Å². The fourth-order valence-corrected chi connectivity index (χ4v) is 3.29. The second kappa shape index (κ2) is 9.39. The summed E-state index contributed by atoms with van der Waals surface area (Å²) in [4.78, 5) is 21.8. The number of rotatable bonds is 5. The number of hydrogen-bond acceptors (Lipinski definition) is 5. The maximum Gasteiger partial charge on any atom is 0.422 e. The van der Waals surface area contributed by atoms with E-state index in [1.165, 1.54) is 6.07 Å². The number of ether oxygens (including phenoxy) is 1. The van der Waals surface area contributed by atoms with Crippen molar-refractivity contribution in [1.82, 2.24) is 15.3 Å². The third-order valence-corrected chi connectivity index (χ3v) is 4.94. The standard InChI is InChI=1S/C19H17ClF6N4O2/c20-14-7-11(8-28-17(14)32-10-18(21,22)23)16(31)29-13-3-5-30(6-4-13)15-2-1-12(9-27-15)19(24,25)26/h1-2,7-9,13H,3-6,10H2,(H,29,31). The molecule has 0 aromatic carbocycles. The molecule has 2 aromatic rings. The van der Waals surface area contributed by atoms with Gasteiger partial charge in [-0.05, 0) is 31.0 Å². The molecule has 13 heteroatoms. The second-order valence-corrected chi connectivity index (χ2v) is 7.46. The molecule has 174 valence electrons. The first kappa shape index (κ1) is 23.9. The minimum Gasteiger partial charge on any atom is -0.467 e. The fraction of sp³-hybridized carbons (Fsp3) is 0.421. The van der Waals surface area contributed by atoms with Crippen molar-refractivity contribution < 1.29 is 35.9 Å². The van der Waals surface area contributed by atoms with Crippen LogP contribution in [0.5, 0.6) is 5.88 Å². The highest BCUT2D eigenvalue weighted by Crippen LogP contribution is 2.30. The van der Waals surface area contributed by atoms with Crippen LogP contribution in [0.1, 0.15) is 28.8 Å². The van der Waals surface area contributed by atoms with Gasteiger partial charge in [0.2, 0.25) is 5.88 Å². The molecule has 2 aromatic heterocycles. The summed E-state index contributed by atoms with van der Waals surface area (Å²) in [5.41, 5.74) is -0.772. The van der Waals surface area contributed by atoms with Crippen molar-refractivity contribution in [2.24, 2.45) is 0 Å². The van der Waals surface area contributed by atoms with Crippen LogP contribution < -0.4 is 15.0 Å². The number of carbonyl (C=O) groups excluding carboxylic acids is 1. The van der Waals surface area contributed by atoms with Crippen molar-refractivity contribution in [3.63, 3.8) is 0 Å². The summed E-state index contributed by atoms with van der Waals surface area (Å²) >= 11 is 5.85. The first-order valence-corrected chi connectivity index (χ1v) is 9.74. The Morgan fingerprint density at radius 1 is 1.12 bits per heavy atom. The minimum absolute atomic E-state index is 0.0567. The molecule has 6 nitrogen and oxygen atoms in total. The van der Waals surface area contributed by atoms with E-state index in [0.717, 1.165) is 24.5 Å². The average Bonchev–Trinajstić information content (AvgIpc) is 2.72. The molecule has 0 saturated carbocycles. The van der Waals surface area contributed by atoms with E-state index >= 15 is 0 Å². The van der Waals surface area contributed by atoms with Crippen molar-refractivity contribution in [1.29, 1.82) is 0 Å². The molecular formula is C19H17ClF6N4O2. The van der Waals surface area contributed by atoms with Crippen LogP contribution in [0.25, 0.3) is 0 Å². The fourth-order valence-electron chi connectivity index (χ4n) is 3.07. The van der Waals surface area contributed by atoms with Crippen molar-refractivity contribution in [3.05, 3.63) is 46.7 Å². The number of pyridine rings is 2. The van der Waals surface area contributed by atoms with Gasteiger partial charge in [-0.25, -0.2) is 9.97 Å². The number of nitrogens with zero attached hydrogens (tertiary/aromatic N) is 3. The van der Waals surface area contributed by atoms with Crippen LogP contribution in [0.15, 0.2) is 30.6 Å². The lowest BCUT2D eigenvalue weighted by atomic mass is 10.0. The zero-order chi connectivity index (χ0) is 23.5. The number of halogens is 7. The molecule has 0 aliphatic carbocycles. The number of hydrogen-bond donors (Lipinski definition) is 1. The Balaban J connectivity index is 1.52. The van der Waals surface area contributed by atoms with E-state index in [2.05, 4.69) is 20.0 Å². The molecule has 1 N–H and O–H groups in total. The summed E-state index contributed by atoms with van der Waals surface area (Å²) in [5.74, 6) is -0.529. The summed E-state index contributed by atoms with van der Waals surface area (Å²) in [6.45, 7) is -0.628. The second-order valence-electron chi connectivity index (χ2n) is 7.05. The van der Waals surface area contributed by atoms with Gasteiger partial charge >= 0.3 is 12.4 Å². The van der Waals surface area contributed by atoms with Gasteiger partial charge in [0.05, 0.1) is 11.1 Å². The number of carbonyl (C=O) groups is 1. The van der Waals surface area contributed by atoms with Crippen LogP contribution in [-0.2, 0) is 6.18 Å².